The summed E-state index contributed by atoms with van der Waals surface area (Å²) in [5, 5.41) is 0.384. The summed E-state index contributed by atoms with van der Waals surface area (Å²) in [4.78, 5) is 13.6. The third-order valence-electron chi connectivity index (χ3n) is 2.17. The maximum Gasteiger partial charge on any atom is 0.256 e. The molecule has 3 nitrogen and oxygen atoms in total. The van der Waals surface area contributed by atoms with Crippen molar-refractivity contribution in [3.63, 3.8) is 0 Å². The SMILES string of the molecule is C#CCN(CC)C(=O)c1cc(N)ccc1Cl. The Balaban J connectivity index is 3.03. The fraction of sp³-hybridized carbons (Fsp3) is 0.250. The van der Waals surface area contributed by atoms with Gasteiger partial charge in [-0.3, -0.25) is 4.79 Å². The molecule has 1 aromatic rings. The summed E-state index contributed by atoms with van der Waals surface area (Å²) in [5.41, 5.74) is 6.50. The number of nitrogen functional groups attached to an aromatic ring is 1. The van der Waals surface area contributed by atoms with Gasteiger partial charge in [-0.1, -0.05) is 17.5 Å². The molecule has 0 aliphatic heterocycles. The van der Waals surface area contributed by atoms with E-state index in [-0.39, 0.29) is 12.5 Å². The fourth-order valence-corrected chi connectivity index (χ4v) is 1.51. The molecule has 0 saturated heterocycles. The van der Waals surface area contributed by atoms with E-state index in [2.05, 4.69) is 5.92 Å². The van der Waals surface area contributed by atoms with Crippen molar-refractivity contribution in [2.45, 2.75) is 6.92 Å². The van der Waals surface area contributed by atoms with Crippen LogP contribution in [0.15, 0.2) is 18.2 Å². The van der Waals surface area contributed by atoms with E-state index in [1.165, 1.54) is 4.90 Å². The predicted octanol–water partition coefficient (Wildman–Crippen LogP) is 2.02. The molecular weight excluding hydrogens is 224 g/mol. The van der Waals surface area contributed by atoms with E-state index in [4.69, 9.17) is 23.8 Å². The van der Waals surface area contributed by atoms with Gasteiger partial charge in [0.15, 0.2) is 0 Å². The van der Waals surface area contributed by atoms with Gasteiger partial charge in [-0.2, -0.15) is 0 Å². The maximum atomic E-state index is 12.0. The molecule has 84 valence electrons. The first kappa shape index (κ1) is 12.4. The highest BCUT2D eigenvalue weighted by Gasteiger charge is 2.16. The number of rotatable bonds is 3. The Morgan fingerprint density at radius 1 is 1.62 bits per heavy atom. The molecule has 0 fully saturated rings. The van der Waals surface area contributed by atoms with Gasteiger partial charge in [0.25, 0.3) is 5.91 Å². The summed E-state index contributed by atoms with van der Waals surface area (Å²) in [6, 6.07) is 4.81. The quantitative estimate of drug-likeness (QED) is 0.645. The van der Waals surface area contributed by atoms with Crippen molar-refractivity contribution in [2.24, 2.45) is 0 Å². The van der Waals surface area contributed by atoms with Gasteiger partial charge in [-0.05, 0) is 25.1 Å². The van der Waals surface area contributed by atoms with Crippen molar-refractivity contribution in [2.75, 3.05) is 18.8 Å². The first-order valence-electron chi connectivity index (χ1n) is 4.88. The minimum atomic E-state index is -0.197. The number of carbonyl (C=O) groups excluding carboxylic acids is 1. The highest BCUT2D eigenvalue weighted by atomic mass is 35.5. The molecule has 0 heterocycles. The molecule has 4 heteroatoms. The molecule has 1 rings (SSSR count). The summed E-state index contributed by atoms with van der Waals surface area (Å²) in [6.07, 6.45) is 5.19. The number of terminal acetylenes is 1. The molecule has 0 spiro atoms. The van der Waals surface area contributed by atoms with Crippen molar-refractivity contribution in [1.82, 2.24) is 4.90 Å². The Morgan fingerprint density at radius 2 is 2.31 bits per heavy atom. The number of benzene rings is 1. The second-order valence-electron chi connectivity index (χ2n) is 3.26. The highest BCUT2D eigenvalue weighted by Crippen LogP contribution is 2.20. The molecule has 0 bridgehead atoms. The van der Waals surface area contributed by atoms with Gasteiger partial charge in [0.05, 0.1) is 17.1 Å². The highest BCUT2D eigenvalue weighted by molar-refractivity contribution is 6.34. The first-order valence-corrected chi connectivity index (χ1v) is 5.25. The Labute approximate surface area is 100 Å². The van der Waals surface area contributed by atoms with Gasteiger partial charge in [-0.15, -0.1) is 6.42 Å². The van der Waals surface area contributed by atoms with E-state index < -0.39 is 0 Å². The fourth-order valence-electron chi connectivity index (χ4n) is 1.31. The molecule has 0 aliphatic carbocycles. The van der Waals surface area contributed by atoms with Crippen molar-refractivity contribution in [3.05, 3.63) is 28.8 Å². The summed E-state index contributed by atoms with van der Waals surface area (Å²) in [7, 11) is 0. The van der Waals surface area contributed by atoms with Crippen molar-refractivity contribution < 1.29 is 4.79 Å². The van der Waals surface area contributed by atoms with Crippen LogP contribution in [0, 0.1) is 12.3 Å². The normalized spacial score (nSPS) is 9.56. The van der Waals surface area contributed by atoms with Crippen molar-refractivity contribution >= 4 is 23.2 Å². The lowest BCUT2D eigenvalue weighted by atomic mass is 10.1. The second kappa shape index (κ2) is 5.43. The zero-order valence-corrected chi connectivity index (χ0v) is 9.79. The standard InChI is InChI=1S/C12H13ClN2O/c1-3-7-15(4-2)12(16)10-8-9(14)5-6-11(10)13/h1,5-6,8H,4,7,14H2,2H3. The van der Waals surface area contributed by atoms with Crippen LogP contribution in [-0.4, -0.2) is 23.9 Å². The monoisotopic (exact) mass is 236 g/mol. The van der Waals surface area contributed by atoms with Gasteiger partial charge in [0, 0.05) is 12.2 Å². The number of nitrogens with zero attached hydrogens (tertiary/aromatic N) is 1. The first-order chi connectivity index (χ1) is 7.60. The van der Waals surface area contributed by atoms with Crippen LogP contribution in [0.2, 0.25) is 5.02 Å². The molecule has 16 heavy (non-hydrogen) atoms. The molecule has 0 radical (unpaired) electrons. The predicted molar refractivity (Wildman–Crippen MR) is 66.3 cm³/mol. The molecule has 2 N–H and O–H groups in total. The molecule has 0 atom stereocenters. The van der Waals surface area contributed by atoms with Crippen LogP contribution in [0.5, 0.6) is 0 Å². The van der Waals surface area contributed by atoms with Crippen LogP contribution in [-0.2, 0) is 0 Å². The number of hydrogen-bond donors (Lipinski definition) is 1. The van der Waals surface area contributed by atoms with Crippen LogP contribution < -0.4 is 5.73 Å². The molecule has 1 aromatic carbocycles. The van der Waals surface area contributed by atoms with Gasteiger partial charge >= 0.3 is 0 Å². The number of carbonyl (C=O) groups is 1. The number of anilines is 1. The van der Waals surface area contributed by atoms with E-state index in [1.54, 1.807) is 18.2 Å². The Kier molecular flexibility index (Phi) is 4.21. The summed E-state index contributed by atoms with van der Waals surface area (Å²) >= 11 is 5.94. The second-order valence-corrected chi connectivity index (χ2v) is 3.67. The topological polar surface area (TPSA) is 46.3 Å². The van der Waals surface area contributed by atoms with E-state index >= 15 is 0 Å². The van der Waals surface area contributed by atoms with Gasteiger partial charge in [0.1, 0.15) is 0 Å². The van der Waals surface area contributed by atoms with Crippen molar-refractivity contribution in [1.29, 1.82) is 0 Å². The molecule has 0 saturated carbocycles. The van der Waals surface area contributed by atoms with Crippen molar-refractivity contribution in [3.8, 4) is 12.3 Å². The van der Waals surface area contributed by atoms with Crippen LogP contribution in [0.25, 0.3) is 0 Å². The van der Waals surface area contributed by atoms with Gasteiger partial charge in [-0.25, -0.2) is 0 Å². The minimum absolute atomic E-state index is 0.197. The number of nitrogens with two attached hydrogens (primary N) is 1. The Morgan fingerprint density at radius 3 is 2.88 bits per heavy atom. The molecule has 0 aliphatic rings. The zero-order valence-electron chi connectivity index (χ0n) is 9.03. The van der Waals surface area contributed by atoms with Crippen LogP contribution in [0.3, 0.4) is 0 Å². The third-order valence-corrected chi connectivity index (χ3v) is 2.50. The lowest BCUT2D eigenvalue weighted by Crippen LogP contribution is -2.31. The van der Waals surface area contributed by atoms with Crippen LogP contribution in [0.4, 0.5) is 5.69 Å². The lowest BCUT2D eigenvalue weighted by molar-refractivity contribution is 0.0785. The number of halogens is 1. The van der Waals surface area contributed by atoms with E-state index in [0.717, 1.165) is 0 Å². The molecule has 0 aromatic heterocycles. The molecule has 0 unspecified atom stereocenters. The third kappa shape index (κ3) is 2.68. The smallest absolute Gasteiger partial charge is 0.256 e. The summed E-state index contributed by atoms with van der Waals surface area (Å²) < 4.78 is 0. The zero-order chi connectivity index (χ0) is 12.1. The maximum absolute atomic E-state index is 12.0. The average molecular weight is 237 g/mol. The van der Waals surface area contributed by atoms with Crippen LogP contribution >= 0.6 is 11.6 Å². The Bertz CT molecular complexity index is 437. The molecular formula is C12H13ClN2O. The largest absolute Gasteiger partial charge is 0.399 e. The molecule has 1 amide bonds. The lowest BCUT2D eigenvalue weighted by Gasteiger charge is -2.18. The summed E-state index contributed by atoms with van der Waals surface area (Å²) in [6.45, 7) is 2.66. The van der Waals surface area contributed by atoms with E-state index in [9.17, 15) is 4.79 Å². The number of amides is 1. The number of hydrogen-bond acceptors (Lipinski definition) is 2. The van der Waals surface area contributed by atoms with Gasteiger partial charge in [0.2, 0.25) is 0 Å². The van der Waals surface area contributed by atoms with E-state index in [0.29, 0.717) is 22.8 Å². The summed E-state index contributed by atoms with van der Waals surface area (Å²) in [5.74, 6) is 2.24. The van der Waals surface area contributed by atoms with Gasteiger partial charge < -0.3 is 10.6 Å². The minimum Gasteiger partial charge on any atom is -0.399 e. The average Bonchev–Trinajstić information content (AvgIpc) is 2.28. The van der Waals surface area contributed by atoms with E-state index in [1.807, 2.05) is 6.92 Å². The van der Waals surface area contributed by atoms with Crippen LogP contribution in [0.1, 0.15) is 17.3 Å². The Hall–Kier alpha value is -1.66.